The van der Waals surface area contributed by atoms with Crippen molar-refractivity contribution in [3.8, 4) is 0 Å². The van der Waals surface area contributed by atoms with Crippen molar-refractivity contribution in [1.82, 2.24) is 4.90 Å². The third-order valence-corrected chi connectivity index (χ3v) is 4.02. The van der Waals surface area contributed by atoms with Crippen LogP contribution in [0.3, 0.4) is 0 Å². The van der Waals surface area contributed by atoms with Crippen LogP contribution in [-0.4, -0.2) is 41.5 Å². The second-order valence-corrected chi connectivity index (χ2v) is 5.10. The maximum Gasteiger partial charge on any atom is 0.248 e. The van der Waals surface area contributed by atoms with E-state index in [1.807, 2.05) is 24.3 Å². The number of hydrogen-bond acceptors (Lipinski definition) is 3. The smallest absolute Gasteiger partial charge is 0.248 e. The fourth-order valence-electron chi connectivity index (χ4n) is 3.09. The van der Waals surface area contributed by atoms with Gasteiger partial charge in [0, 0.05) is 18.8 Å². The van der Waals surface area contributed by atoms with Crippen LogP contribution in [-0.2, 0) is 9.59 Å². The summed E-state index contributed by atoms with van der Waals surface area (Å²) in [4.78, 5) is 25.2. The number of aliphatic hydroxyl groups is 1. The number of nitrogens with one attached hydrogen (secondary N) is 1. The van der Waals surface area contributed by atoms with Crippen molar-refractivity contribution in [2.24, 2.45) is 5.92 Å². The quantitative estimate of drug-likeness (QED) is 0.816. The Bertz CT molecular complexity index is 529. The minimum atomic E-state index is -0.458. The zero-order chi connectivity index (χ0) is 13.4. The van der Waals surface area contributed by atoms with Crippen LogP contribution in [0.25, 0.3) is 0 Å². The van der Waals surface area contributed by atoms with Crippen LogP contribution < -0.4 is 5.32 Å². The van der Waals surface area contributed by atoms with Gasteiger partial charge in [-0.15, -0.1) is 0 Å². The Morgan fingerprint density at radius 2 is 2.21 bits per heavy atom. The highest BCUT2D eigenvalue weighted by molar-refractivity contribution is 6.03. The van der Waals surface area contributed by atoms with Crippen molar-refractivity contribution in [1.29, 1.82) is 0 Å². The standard InChI is InChI=1S/C14H16N2O3/c17-8-12(18)16-6-5-9(7-16)13-10-3-1-2-4-11(10)15-14(13)19/h1-4,9,13,17H,5-8H2,(H,15,19). The SMILES string of the molecule is O=C1Nc2ccccc2C1C1CCN(C(=O)CO)C1. The third-order valence-electron chi connectivity index (χ3n) is 4.02. The van der Waals surface area contributed by atoms with Gasteiger partial charge in [-0.25, -0.2) is 0 Å². The zero-order valence-electron chi connectivity index (χ0n) is 10.5. The number of nitrogens with zero attached hydrogens (tertiary/aromatic N) is 1. The van der Waals surface area contributed by atoms with Crippen molar-refractivity contribution in [3.63, 3.8) is 0 Å². The largest absolute Gasteiger partial charge is 0.387 e. The van der Waals surface area contributed by atoms with Crippen LogP contribution in [0.15, 0.2) is 24.3 Å². The summed E-state index contributed by atoms with van der Waals surface area (Å²) in [6.07, 6.45) is 0.804. The van der Waals surface area contributed by atoms with E-state index < -0.39 is 6.61 Å². The topological polar surface area (TPSA) is 69.6 Å². The molecule has 1 fully saturated rings. The predicted octanol–water partition coefficient (Wildman–Crippen LogP) is 0.563. The Kier molecular flexibility index (Phi) is 2.98. The summed E-state index contributed by atoms with van der Waals surface area (Å²) in [5, 5.41) is 11.8. The number of hydrogen-bond donors (Lipinski definition) is 2. The van der Waals surface area contributed by atoms with E-state index in [1.165, 1.54) is 0 Å². The minimum absolute atomic E-state index is 0.0181. The Morgan fingerprint density at radius 3 is 3.00 bits per heavy atom. The van der Waals surface area contributed by atoms with Crippen LogP contribution in [0.5, 0.6) is 0 Å². The number of carbonyl (C=O) groups is 2. The molecule has 0 aliphatic carbocycles. The highest BCUT2D eigenvalue weighted by Gasteiger charge is 2.40. The molecule has 19 heavy (non-hydrogen) atoms. The van der Waals surface area contributed by atoms with E-state index in [1.54, 1.807) is 4.90 Å². The third kappa shape index (κ3) is 2.00. The van der Waals surface area contributed by atoms with Gasteiger partial charge < -0.3 is 15.3 Å². The van der Waals surface area contributed by atoms with Gasteiger partial charge in [0.2, 0.25) is 11.8 Å². The monoisotopic (exact) mass is 260 g/mol. The van der Waals surface area contributed by atoms with Crippen molar-refractivity contribution < 1.29 is 14.7 Å². The normalized spacial score (nSPS) is 25.3. The van der Waals surface area contributed by atoms with Gasteiger partial charge in [0.15, 0.2) is 0 Å². The lowest BCUT2D eigenvalue weighted by Crippen LogP contribution is -2.32. The molecule has 0 saturated carbocycles. The maximum atomic E-state index is 12.1. The summed E-state index contributed by atoms with van der Waals surface area (Å²) >= 11 is 0. The fraction of sp³-hybridized carbons (Fsp3) is 0.429. The number of likely N-dealkylation sites (tertiary alicyclic amines) is 1. The summed E-state index contributed by atoms with van der Waals surface area (Å²) in [6.45, 7) is 0.710. The van der Waals surface area contributed by atoms with E-state index in [0.29, 0.717) is 13.1 Å². The first-order valence-electron chi connectivity index (χ1n) is 6.49. The molecule has 2 aliphatic rings. The number of benzene rings is 1. The van der Waals surface area contributed by atoms with Crippen molar-refractivity contribution in [2.75, 3.05) is 25.0 Å². The molecular weight excluding hydrogens is 244 g/mol. The molecule has 1 aromatic carbocycles. The van der Waals surface area contributed by atoms with E-state index in [2.05, 4.69) is 5.32 Å². The Morgan fingerprint density at radius 1 is 1.42 bits per heavy atom. The minimum Gasteiger partial charge on any atom is -0.387 e. The number of fused-ring (bicyclic) bond motifs is 1. The number of carbonyl (C=O) groups excluding carboxylic acids is 2. The van der Waals surface area contributed by atoms with Crippen LogP contribution >= 0.6 is 0 Å². The van der Waals surface area contributed by atoms with Crippen LogP contribution in [0.1, 0.15) is 17.9 Å². The molecule has 5 heteroatoms. The lowest BCUT2D eigenvalue weighted by atomic mass is 9.86. The number of amides is 2. The van der Waals surface area contributed by atoms with Gasteiger partial charge in [0.25, 0.3) is 0 Å². The number of para-hydroxylation sites is 1. The molecule has 0 spiro atoms. The second-order valence-electron chi connectivity index (χ2n) is 5.10. The van der Waals surface area contributed by atoms with Gasteiger partial charge >= 0.3 is 0 Å². The van der Waals surface area contributed by atoms with E-state index >= 15 is 0 Å². The second kappa shape index (κ2) is 4.66. The zero-order valence-corrected chi connectivity index (χ0v) is 10.5. The number of aliphatic hydroxyl groups excluding tert-OH is 1. The molecule has 5 nitrogen and oxygen atoms in total. The molecule has 2 unspecified atom stereocenters. The first kappa shape index (κ1) is 12.2. The van der Waals surface area contributed by atoms with Crippen molar-refractivity contribution >= 4 is 17.5 Å². The fourth-order valence-corrected chi connectivity index (χ4v) is 3.09. The van der Waals surface area contributed by atoms with Gasteiger partial charge in [0.05, 0.1) is 5.92 Å². The van der Waals surface area contributed by atoms with Gasteiger partial charge in [-0.3, -0.25) is 9.59 Å². The van der Waals surface area contributed by atoms with Crippen LogP contribution in [0, 0.1) is 5.92 Å². The predicted molar refractivity (Wildman–Crippen MR) is 69.6 cm³/mol. The molecule has 1 aromatic rings. The molecule has 2 heterocycles. The molecule has 2 amide bonds. The summed E-state index contributed by atoms with van der Waals surface area (Å²) in [5.41, 5.74) is 1.90. The average Bonchev–Trinajstić information content (AvgIpc) is 3.00. The first-order valence-corrected chi connectivity index (χ1v) is 6.49. The Labute approximate surface area is 111 Å². The summed E-state index contributed by atoms with van der Waals surface area (Å²) in [7, 11) is 0. The molecule has 1 saturated heterocycles. The first-order chi connectivity index (χ1) is 9.20. The Balaban J connectivity index is 1.81. The van der Waals surface area contributed by atoms with E-state index in [4.69, 9.17) is 5.11 Å². The highest BCUT2D eigenvalue weighted by atomic mass is 16.3. The van der Waals surface area contributed by atoms with Crippen LogP contribution in [0.2, 0.25) is 0 Å². The average molecular weight is 260 g/mol. The van der Waals surface area contributed by atoms with E-state index in [0.717, 1.165) is 17.7 Å². The molecule has 2 N–H and O–H groups in total. The molecule has 2 aliphatic heterocycles. The van der Waals surface area contributed by atoms with Crippen molar-refractivity contribution in [2.45, 2.75) is 12.3 Å². The van der Waals surface area contributed by atoms with E-state index in [-0.39, 0.29) is 23.7 Å². The van der Waals surface area contributed by atoms with Crippen LogP contribution in [0.4, 0.5) is 5.69 Å². The summed E-state index contributed by atoms with van der Waals surface area (Å²) in [5.74, 6) is -0.273. The summed E-state index contributed by atoms with van der Waals surface area (Å²) in [6, 6.07) is 7.70. The van der Waals surface area contributed by atoms with Gasteiger partial charge in [-0.1, -0.05) is 18.2 Å². The number of anilines is 1. The van der Waals surface area contributed by atoms with Gasteiger partial charge in [0.1, 0.15) is 6.61 Å². The molecule has 0 radical (unpaired) electrons. The number of rotatable bonds is 2. The molecular formula is C14H16N2O3. The molecule has 2 atom stereocenters. The highest BCUT2D eigenvalue weighted by Crippen LogP contribution is 2.40. The lowest BCUT2D eigenvalue weighted by Gasteiger charge is -2.18. The molecule has 0 aromatic heterocycles. The van der Waals surface area contributed by atoms with E-state index in [9.17, 15) is 9.59 Å². The Hall–Kier alpha value is -1.88. The summed E-state index contributed by atoms with van der Waals surface area (Å²) < 4.78 is 0. The van der Waals surface area contributed by atoms with Crippen molar-refractivity contribution in [3.05, 3.63) is 29.8 Å². The molecule has 100 valence electrons. The van der Waals surface area contributed by atoms with Gasteiger partial charge in [-0.2, -0.15) is 0 Å². The van der Waals surface area contributed by atoms with Gasteiger partial charge in [-0.05, 0) is 24.0 Å². The maximum absolute atomic E-state index is 12.1. The molecule has 3 rings (SSSR count). The molecule has 0 bridgehead atoms. The lowest BCUT2D eigenvalue weighted by molar-refractivity contribution is -0.133.